The Labute approximate surface area is 93.1 Å². The van der Waals surface area contributed by atoms with E-state index in [4.69, 9.17) is 4.52 Å². The number of phenols is 1. The maximum atomic E-state index is 9.33. The summed E-state index contributed by atoms with van der Waals surface area (Å²) >= 11 is 0. The molecule has 0 fully saturated rings. The van der Waals surface area contributed by atoms with Crippen LogP contribution < -0.4 is 5.32 Å². The topological polar surface area (TPSA) is 71.2 Å². The SMILES string of the molecule is CNC(C)c1noc(-c2cccc(O)c2)n1. The number of hydrogen-bond donors (Lipinski definition) is 2. The van der Waals surface area contributed by atoms with Crippen LogP contribution in [0.5, 0.6) is 5.75 Å². The molecule has 2 N–H and O–H groups in total. The van der Waals surface area contributed by atoms with E-state index in [0.29, 0.717) is 17.3 Å². The maximum Gasteiger partial charge on any atom is 0.258 e. The van der Waals surface area contributed by atoms with Crippen molar-refractivity contribution in [3.63, 3.8) is 0 Å². The fourth-order valence-corrected chi connectivity index (χ4v) is 1.30. The molecule has 0 saturated heterocycles. The van der Waals surface area contributed by atoms with Crippen LogP contribution in [0, 0.1) is 0 Å². The molecule has 1 atom stereocenters. The summed E-state index contributed by atoms with van der Waals surface area (Å²) in [6.07, 6.45) is 0. The van der Waals surface area contributed by atoms with Crippen LogP contribution in [0.1, 0.15) is 18.8 Å². The molecule has 5 nitrogen and oxygen atoms in total. The first kappa shape index (κ1) is 10.6. The van der Waals surface area contributed by atoms with Crippen molar-refractivity contribution in [2.75, 3.05) is 7.05 Å². The third-order valence-corrected chi connectivity index (χ3v) is 2.36. The van der Waals surface area contributed by atoms with Crippen LogP contribution in [0.15, 0.2) is 28.8 Å². The Bertz CT molecular complexity index is 482. The van der Waals surface area contributed by atoms with E-state index < -0.39 is 0 Å². The lowest BCUT2D eigenvalue weighted by Gasteiger charge is -2.01. The van der Waals surface area contributed by atoms with E-state index in [-0.39, 0.29) is 11.8 Å². The van der Waals surface area contributed by atoms with Gasteiger partial charge in [-0.1, -0.05) is 11.2 Å². The predicted molar refractivity (Wildman–Crippen MR) is 58.9 cm³/mol. The summed E-state index contributed by atoms with van der Waals surface area (Å²) in [5.41, 5.74) is 0.710. The highest BCUT2D eigenvalue weighted by molar-refractivity contribution is 5.55. The van der Waals surface area contributed by atoms with Crippen LogP contribution in [0.3, 0.4) is 0 Å². The Kier molecular flexibility index (Phi) is 2.87. The number of benzene rings is 1. The molecule has 0 bridgehead atoms. The third-order valence-electron chi connectivity index (χ3n) is 2.36. The van der Waals surface area contributed by atoms with Crippen molar-refractivity contribution in [2.45, 2.75) is 13.0 Å². The van der Waals surface area contributed by atoms with Crippen molar-refractivity contribution in [1.82, 2.24) is 15.5 Å². The van der Waals surface area contributed by atoms with Crippen LogP contribution in [-0.4, -0.2) is 22.3 Å². The summed E-state index contributed by atoms with van der Waals surface area (Å²) in [7, 11) is 1.83. The number of aromatic hydroxyl groups is 1. The Balaban J connectivity index is 2.31. The highest BCUT2D eigenvalue weighted by Gasteiger charge is 2.13. The van der Waals surface area contributed by atoms with Crippen molar-refractivity contribution in [2.24, 2.45) is 0 Å². The molecule has 0 saturated carbocycles. The molecule has 84 valence electrons. The molecule has 0 aliphatic carbocycles. The third kappa shape index (κ3) is 2.04. The first-order valence-electron chi connectivity index (χ1n) is 5.01. The van der Waals surface area contributed by atoms with E-state index in [2.05, 4.69) is 15.5 Å². The standard InChI is InChI=1S/C11H13N3O2/c1-7(12-2)10-13-11(16-14-10)8-4-3-5-9(15)6-8/h3-7,12,15H,1-2H3. The summed E-state index contributed by atoms with van der Waals surface area (Å²) in [4.78, 5) is 4.24. The van der Waals surface area contributed by atoms with E-state index in [1.54, 1.807) is 24.3 Å². The second-order valence-electron chi connectivity index (χ2n) is 3.52. The average Bonchev–Trinajstić information content (AvgIpc) is 2.77. The van der Waals surface area contributed by atoms with Crippen molar-refractivity contribution in [1.29, 1.82) is 0 Å². The second-order valence-corrected chi connectivity index (χ2v) is 3.52. The Morgan fingerprint density at radius 3 is 2.94 bits per heavy atom. The molecule has 0 aliphatic rings. The van der Waals surface area contributed by atoms with Gasteiger partial charge in [-0.15, -0.1) is 0 Å². The average molecular weight is 219 g/mol. The molecule has 0 spiro atoms. The van der Waals surface area contributed by atoms with E-state index >= 15 is 0 Å². The van der Waals surface area contributed by atoms with Crippen molar-refractivity contribution < 1.29 is 9.63 Å². The molecule has 0 aliphatic heterocycles. The molecular formula is C11H13N3O2. The number of nitrogens with zero attached hydrogens (tertiary/aromatic N) is 2. The molecule has 1 aromatic heterocycles. The zero-order chi connectivity index (χ0) is 11.5. The van der Waals surface area contributed by atoms with Gasteiger partial charge in [-0.05, 0) is 32.2 Å². The minimum atomic E-state index is 0.0369. The number of nitrogens with one attached hydrogen (secondary N) is 1. The minimum absolute atomic E-state index is 0.0369. The van der Waals surface area contributed by atoms with Crippen molar-refractivity contribution in [3.05, 3.63) is 30.1 Å². The summed E-state index contributed by atoms with van der Waals surface area (Å²) in [6.45, 7) is 1.94. The zero-order valence-corrected chi connectivity index (χ0v) is 9.14. The van der Waals surface area contributed by atoms with Crippen LogP contribution in [0.25, 0.3) is 11.5 Å². The molecule has 0 radical (unpaired) electrons. The smallest absolute Gasteiger partial charge is 0.258 e. The van der Waals surface area contributed by atoms with Crippen molar-refractivity contribution in [3.8, 4) is 17.2 Å². The molecule has 2 aromatic rings. The molecule has 0 amide bonds. The molecule has 2 rings (SSSR count). The van der Waals surface area contributed by atoms with Gasteiger partial charge in [0.1, 0.15) is 5.75 Å². The van der Waals surface area contributed by atoms with Gasteiger partial charge in [0, 0.05) is 5.56 Å². The van der Waals surface area contributed by atoms with Gasteiger partial charge in [0.05, 0.1) is 6.04 Å². The Morgan fingerprint density at radius 1 is 1.44 bits per heavy atom. The van der Waals surface area contributed by atoms with E-state index in [9.17, 15) is 5.11 Å². The number of rotatable bonds is 3. The largest absolute Gasteiger partial charge is 0.508 e. The van der Waals surface area contributed by atoms with E-state index in [1.165, 1.54) is 0 Å². The second kappa shape index (κ2) is 4.32. The van der Waals surface area contributed by atoms with Gasteiger partial charge in [-0.3, -0.25) is 0 Å². The van der Waals surface area contributed by atoms with E-state index in [1.807, 2.05) is 14.0 Å². The normalized spacial score (nSPS) is 12.6. The highest BCUT2D eigenvalue weighted by Crippen LogP contribution is 2.22. The van der Waals surface area contributed by atoms with Crippen LogP contribution >= 0.6 is 0 Å². The van der Waals surface area contributed by atoms with Crippen LogP contribution in [0.2, 0.25) is 0 Å². The van der Waals surface area contributed by atoms with Gasteiger partial charge in [-0.2, -0.15) is 4.98 Å². The van der Waals surface area contributed by atoms with Gasteiger partial charge >= 0.3 is 0 Å². The maximum absolute atomic E-state index is 9.33. The lowest BCUT2D eigenvalue weighted by molar-refractivity contribution is 0.412. The molecule has 1 heterocycles. The van der Waals surface area contributed by atoms with Gasteiger partial charge < -0.3 is 14.9 Å². The Morgan fingerprint density at radius 2 is 2.25 bits per heavy atom. The predicted octanol–water partition coefficient (Wildman–Crippen LogP) is 1.72. The fraction of sp³-hybridized carbons (Fsp3) is 0.273. The number of aromatic nitrogens is 2. The van der Waals surface area contributed by atoms with E-state index in [0.717, 1.165) is 0 Å². The van der Waals surface area contributed by atoms with Crippen molar-refractivity contribution >= 4 is 0 Å². The first-order valence-corrected chi connectivity index (χ1v) is 5.01. The van der Waals surface area contributed by atoms with Crippen LogP contribution in [-0.2, 0) is 0 Å². The minimum Gasteiger partial charge on any atom is -0.508 e. The lowest BCUT2D eigenvalue weighted by Crippen LogP contribution is -2.13. The molecule has 16 heavy (non-hydrogen) atoms. The van der Waals surface area contributed by atoms with Gasteiger partial charge in [0.2, 0.25) is 0 Å². The molecule has 1 aromatic carbocycles. The number of hydrogen-bond acceptors (Lipinski definition) is 5. The Hall–Kier alpha value is -1.88. The van der Waals surface area contributed by atoms with Gasteiger partial charge in [0.25, 0.3) is 5.89 Å². The molecule has 5 heteroatoms. The summed E-state index contributed by atoms with van der Waals surface area (Å²) in [5, 5.41) is 16.2. The van der Waals surface area contributed by atoms with Crippen LogP contribution in [0.4, 0.5) is 0 Å². The van der Waals surface area contributed by atoms with Gasteiger partial charge in [-0.25, -0.2) is 0 Å². The lowest BCUT2D eigenvalue weighted by atomic mass is 10.2. The highest BCUT2D eigenvalue weighted by atomic mass is 16.5. The molecular weight excluding hydrogens is 206 g/mol. The first-order chi connectivity index (χ1) is 7.70. The zero-order valence-electron chi connectivity index (χ0n) is 9.14. The summed E-state index contributed by atoms with van der Waals surface area (Å²) in [6, 6.07) is 6.75. The molecule has 1 unspecified atom stereocenters. The summed E-state index contributed by atoms with van der Waals surface area (Å²) < 4.78 is 5.12. The fourth-order valence-electron chi connectivity index (χ4n) is 1.30. The van der Waals surface area contributed by atoms with Gasteiger partial charge in [0.15, 0.2) is 5.82 Å². The summed E-state index contributed by atoms with van der Waals surface area (Å²) in [5.74, 6) is 1.19. The monoisotopic (exact) mass is 219 g/mol. The quantitative estimate of drug-likeness (QED) is 0.822. The number of phenolic OH excluding ortho intramolecular Hbond substituents is 1.